The smallest absolute Gasteiger partial charge is 0.147 e. The molecule has 44 heavy (non-hydrogen) atoms. The molecule has 0 aliphatic carbocycles. The monoisotopic (exact) mass is 586 g/mol. The maximum atomic E-state index is 5.39. The van der Waals surface area contributed by atoms with E-state index in [-0.39, 0.29) is 0 Å². The number of para-hydroxylation sites is 2. The Labute approximate surface area is 262 Å². The van der Waals surface area contributed by atoms with Gasteiger partial charge in [-0.3, -0.25) is 4.57 Å². The fraction of sp³-hybridized carbons (Fsp3) is 0.146. The average Bonchev–Trinajstić information content (AvgIpc) is 3.61. The van der Waals surface area contributed by atoms with Crippen LogP contribution in [0, 0.1) is 0 Å². The van der Waals surface area contributed by atoms with Crippen LogP contribution >= 0.6 is 11.3 Å². The molecule has 0 aliphatic rings. The van der Waals surface area contributed by atoms with E-state index in [1.165, 1.54) is 64.4 Å². The minimum atomic E-state index is 0.327. The van der Waals surface area contributed by atoms with Crippen molar-refractivity contribution in [3.63, 3.8) is 0 Å². The van der Waals surface area contributed by atoms with Gasteiger partial charge in [-0.1, -0.05) is 107 Å². The van der Waals surface area contributed by atoms with Crippen LogP contribution < -0.4 is 0 Å². The van der Waals surface area contributed by atoms with Gasteiger partial charge in [0.15, 0.2) is 0 Å². The number of hydrogen-bond donors (Lipinski definition) is 0. The average molecular weight is 587 g/mol. The van der Waals surface area contributed by atoms with Gasteiger partial charge in [0.25, 0.3) is 0 Å². The number of benzene rings is 6. The normalized spacial score (nSPS) is 12.0. The van der Waals surface area contributed by atoms with E-state index in [1.807, 2.05) is 11.3 Å². The van der Waals surface area contributed by atoms with Crippen LogP contribution in [0.5, 0.6) is 0 Å². The molecule has 0 aliphatic heterocycles. The van der Waals surface area contributed by atoms with E-state index < -0.39 is 0 Å². The van der Waals surface area contributed by atoms with Gasteiger partial charge in [-0.2, -0.15) is 0 Å². The van der Waals surface area contributed by atoms with Gasteiger partial charge in [-0.25, -0.2) is 4.98 Å². The van der Waals surface area contributed by atoms with Gasteiger partial charge < -0.3 is 0 Å². The van der Waals surface area contributed by atoms with Gasteiger partial charge in [0, 0.05) is 25.7 Å². The molecule has 2 aromatic heterocycles. The topological polar surface area (TPSA) is 17.8 Å². The fourth-order valence-corrected chi connectivity index (χ4v) is 7.95. The Hall–Kier alpha value is -4.73. The molecule has 0 atom stereocenters. The Morgan fingerprint density at radius 1 is 0.591 bits per heavy atom. The Morgan fingerprint density at radius 3 is 1.98 bits per heavy atom. The van der Waals surface area contributed by atoms with Crippen LogP contribution in [-0.2, 0) is 0 Å². The standard InChI is InChI=1S/C41H34N2S/c1-25(2)33-22-30(27-13-6-5-7-14-27)23-34(26(3)4)39(33)43-37-20-11-10-19-36(37)42-41(43)32-18-12-17-31-35-21-28-15-8-9-16-29(28)24-38(35)44-40(31)32/h5-26H,1-4H3. The Kier molecular flexibility index (Phi) is 6.39. The van der Waals surface area contributed by atoms with Crippen molar-refractivity contribution in [2.24, 2.45) is 0 Å². The van der Waals surface area contributed by atoms with E-state index in [4.69, 9.17) is 4.98 Å². The molecule has 0 saturated carbocycles. The summed E-state index contributed by atoms with van der Waals surface area (Å²) in [4.78, 5) is 5.39. The van der Waals surface area contributed by atoms with E-state index in [0.717, 1.165) is 16.9 Å². The van der Waals surface area contributed by atoms with Crippen molar-refractivity contribution in [1.82, 2.24) is 9.55 Å². The van der Waals surface area contributed by atoms with Gasteiger partial charge in [0.05, 0.1) is 16.7 Å². The van der Waals surface area contributed by atoms with Crippen LogP contribution in [0.25, 0.3) is 70.2 Å². The summed E-state index contributed by atoms with van der Waals surface area (Å²) in [6, 6.07) is 44.3. The number of thiophene rings is 1. The van der Waals surface area contributed by atoms with Crippen LogP contribution in [0.3, 0.4) is 0 Å². The van der Waals surface area contributed by atoms with Gasteiger partial charge in [0.1, 0.15) is 5.82 Å². The van der Waals surface area contributed by atoms with Crippen molar-refractivity contribution in [2.75, 3.05) is 0 Å². The van der Waals surface area contributed by atoms with Crippen LogP contribution in [-0.4, -0.2) is 9.55 Å². The highest BCUT2D eigenvalue weighted by Gasteiger charge is 2.25. The molecule has 2 heterocycles. The lowest BCUT2D eigenvalue weighted by atomic mass is 9.88. The lowest BCUT2D eigenvalue weighted by Gasteiger charge is -2.24. The first-order chi connectivity index (χ1) is 21.5. The second kappa shape index (κ2) is 10.5. The van der Waals surface area contributed by atoms with Crippen LogP contribution in [0.4, 0.5) is 0 Å². The zero-order valence-electron chi connectivity index (χ0n) is 25.5. The fourth-order valence-electron chi connectivity index (χ4n) is 6.71. The summed E-state index contributed by atoms with van der Waals surface area (Å²) in [7, 11) is 0. The third-order valence-corrected chi connectivity index (χ3v) is 10.1. The molecule has 0 N–H and O–H groups in total. The molecule has 8 aromatic rings. The lowest BCUT2D eigenvalue weighted by Crippen LogP contribution is -2.09. The Morgan fingerprint density at radius 2 is 1.25 bits per heavy atom. The second-order valence-electron chi connectivity index (χ2n) is 12.4. The molecule has 0 unspecified atom stereocenters. The second-order valence-corrected chi connectivity index (χ2v) is 13.5. The summed E-state index contributed by atoms with van der Waals surface area (Å²) in [5.74, 6) is 1.66. The molecular weight excluding hydrogens is 553 g/mol. The highest BCUT2D eigenvalue weighted by atomic mass is 32.1. The Balaban J connectivity index is 1.46. The predicted octanol–water partition coefficient (Wildman–Crippen LogP) is 12.1. The van der Waals surface area contributed by atoms with E-state index in [1.54, 1.807) is 0 Å². The summed E-state index contributed by atoms with van der Waals surface area (Å²) in [6.07, 6.45) is 0. The summed E-state index contributed by atoms with van der Waals surface area (Å²) in [6.45, 7) is 9.25. The van der Waals surface area contributed by atoms with E-state index >= 15 is 0 Å². The van der Waals surface area contributed by atoms with E-state index in [0.29, 0.717) is 11.8 Å². The summed E-state index contributed by atoms with van der Waals surface area (Å²) < 4.78 is 5.06. The van der Waals surface area contributed by atoms with Crippen LogP contribution in [0.15, 0.2) is 121 Å². The van der Waals surface area contributed by atoms with E-state index in [2.05, 4.69) is 154 Å². The number of aromatic nitrogens is 2. The lowest BCUT2D eigenvalue weighted by molar-refractivity contribution is 0.812. The molecule has 0 amide bonds. The number of imidazole rings is 1. The van der Waals surface area contributed by atoms with Crippen molar-refractivity contribution < 1.29 is 0 Å². The maximum Gasteiger partial charge on any atom is 0.147 e. The van der Waals surface area contributed by atoms with Gasteiger partial charge >= 0.3 is 0 Å². The van der Waals surface area contributed by atoms with Crippen LogP contribution in [0.1, 0.15) is 50.7 Å². The van der Waals surface area contributed by atoms with Crippen molar-refractivity contribution in [3.8, 4) is 28.2 Å². The molecule has 2 nitrogen and oxygen atoms in total. The molecule has 0 spiro atoms. The predicted molar refractivity (Wildman–Crippen MR) is 191 cm³/mol. The van der Waals surface area contributed by atoms with Gasteiger partial charge in [-0.15, -0.1) is 11.3 Å². The molecule has 0 saturated heterocycles. The van der Waals surface area contributed by atoms with Gasteiger partial charge in [-0.05, 0) is 87.3 Å². The molecule has 0 bridgehead atoms. The van der Waals surface area contributed by atoms with Crippen molar-refractivity contribution in [2.45, 2.75) is 39.5 Å². The molecule has 214 valence electrons. The van der Waals surface area contributed by atoms with Crippen molar-refractivity contribution in [3.05, 3.63) is 132 Å². The van der Waals surface area contributed by atoms with Gasteiger partial charge in [0.2, 0.25) is 0 Å². The molecule has 3 heteroatoms. The van der Waals surface area contributed by atoms with Crippen LogP contribution in [0.2, 0.25) is 0 Å². The van der Waals surface area contributed by atoms with Crippen molar-refractivity contribution in [1.29, 1.82) is 0 Å². The first-order valence-electron chi connectivity index (χ1n) is 15.5. The number of nitrogens with zero attached hydrogens (tertiary/aromatic N) is 2. The maximum absolute atomic E-state index is 5.39. The van der Waals surface area contributed by atoms with Crippen molar-refractivity contribution >= 4 is 53.3 Å². The quantitative estimate of drug-likeness (QED) is 0.196. The first-order valence-corrected chi connectivity index (χ1v) is 16.3. The molecule has 0 fully saturated rings. The number of rotatable bonds is 5. The third-order valence-electron chi connectivity index (χ3n) is 8.91. The Bertz CT molecular complexity index is 2310. The SMILES string of the molecule is CC(C)c1cc(-c2ccccc2)cc(C(C)C)c1-n1c(-c2cccc3c2sc2cc4ccccc4cc23)nc2ccccc21. The molecular formula is C41H34N2S. The first kappa shape index (κ1) is 26.9. The molecule has 6 aromatic carbocycles. The largest absolute Gasteiger partial charge is 0.292 e. The molecule has 8 rings (SSSR count). The highest BCUT2D eigenvalue weighted by molar-refractivity contribution is 7.26. The summed E-state index contributed by atoms with van der Waals surface area (Å²) >= 11 is 1.88. The highest BCUT2D eigenvalue weighted by Crippen LogP contribution is 2.44. The zero-order chi connectivity index (χ0) is 29.9. The molecule has 0 radical (unpaired) electrons. The minimum Gasteiger partial charge on any atom is -0.292 e. The zero-order valence-corrected chi connectivity index (χ0v) is 26.3. The van der Waals surface area contributed by atoms with E-state index in [9.17, 15) is 0 Å². The number of fused-ring (bicyclic) bond motifs is 5. The minimum absolute atomic E-state index is 0.327. The summed E-state index contributed by atoms with van der Waals surface area (Å²) in [5.41, 5.74) is 9.81. The number of hydrogen-bond acceptors (Lipinski definition) is 2. The summed E-state index contributed by atoms with van der Waals surface area (Å²) in [5, 5.41) is 5.16. The third kappa shape index (κ3) is 4.26.